The van der Waals surface area contributed by atoms with Crippen LogP contribution in [0.3, 0.4) is 0 Å². The van der Waals surface area contributed by atoms with E-state index >= 15 is 0 Å². The Kier molecular flexibility index (Phi) is 19.2. The molecule has 0 unspecified atom stereocenters. The van der Waals surface area contributed by atoms with Crippen LogP contribution in [-0.4, -0.2) is 19.0 Å². The average Bonchev–Trinajstić information content (AvgIpc) is 1.85. The van der Waals surface area contributed by atoms with Gasteiger partial charge in [0.1, 0.15) is 0 Å². The van der Waals surface area contributed by atoms with E-state index in [9.17, 15) is 8.42 Å². The highest BCUT2D eigenvalue weighted by Crippen LogP contribution is 2.17. The van der Waals surface area contributed by atoms with Crippen molar-refractivity contribution in [1.82, 2.24) is 4.72 Å². The highest BCUT2D eigenvalue weighted by Gasteiger charge is 2.17. The fourth-order valence-electron chi connectivity index (χ4n) is 1.43. The zero-order chi connectivity index (χ0) is 8.32. The molecule has 1 aliphatic rings. The molecule has 0 aromatic heterocycles. The number of hydrogen-bond acceptors (Lipinski definition) is 2. The Hall–Kier alpha value is 1.03. The first-order chi connectivity index (χ1) is 5.08. The molecule has 9 heteroatoms. The standard InChI is InChI=1S/C6H13NO3S.4ClH/c8-11(9,10)7-6-4-2-1-3-5-6;;;;/h6-7H,1-5H2,(H,8,9,10);4*1H. The predicted octanol–water partition coefficient (Wildman–Crippen LogP) is 2.40. The number of halogens is 4. The van der Waals surface area contributed by atoms with Gasteiger partial charge in [-0.15, -0.1) is 49.6 Å². The smallest absolute Gasteiger partial charge is 0.273 e. The van der Waals surface area contributed by atoms with Crippen molar-refractivity contribution in [3.8, 4) is 0 Å². The summed E-state index contributed by atoms with van der Waals surface area (Å²) in [5.41, 5.74) is 0. The number of hydrogen-bond donors (Lipinski definition) is 2. The van der Waals surface area contributed by atoms with Crippen LogP contribution in [0.2, 0.25) is 0 Å². The highest BCUT2D eigenvalue weighted by atomic mass is 35.5. The van der Waals surface area contributed by atoms with E-state index in [2.05, 4.69) is 4.72 Å². The summed E-state index contributed by atoms with van der Waals surface area (Å²) in [5.74, 6) is 0. The molecule has 0 aromatic rings. The fraction of sp³-hybridized carbons (Fsp3) is 1.00. The molecule has 0 radical (unpaired) electrons. The van der Waals surface area contributed by atoms with Gasteiger partial charge in [0, 0.05) is 6.04 Å². The van der Waals surface area contributed by atoms with Gasteiger partial charge in [0.15, 0.2) is 0 Å². The van der Waals surface area contributed by atoms with Crippen LogP contribution in [0.4, 0.5) is 0 Å². The molecule has 0 amide bonds. The van der Waals surface area contributed by atoms with E-state index < -0.39 is 10.3 Å². The highest BCUT2D eigenvalue weighted by molar-refractivity contribution is 7.83. The van der Waals surface area contributed by atoms with Crippen molar-refractivity contribution < 1.29 is 13.0 Å². The van der Waals surface area contributed by atoms with Gasteiger partial charge in [-0.1, -0.05) is 19.3 Å². The van der Waals surface area contributed by atoms with E-state index in [1.165, 1.54) is 6.42 Å². The fourth-order valence-corrected chi connectivity index (χ4v) is 2.09. The van der Waals surface area contributed by atoms with Crippen LogP contribution in [0, 0.1) is 0 Å². The van der Waals surface area contributed by atoms with E-state index in [4.69, 9.17) is 4.55 Å². The molecular formula is C6H17Cl4NO3S. The van der Waals surface area contributed by atoms with Crippen molar-refractivity contribution in [2.24, 2.45) is 0 Å². The van der Waals surface area contributed by atoms with Gasteiger partial charge in [0.2, 0.25) is 0 Å². The van der Waals surface area contributed by atoms with Crippen molar-refractivity contribution in [3.63, 3.8) is 0 Å². The predicted molar refractivity (Wildman–Crippen MR) is 70.5 cm³/mol. The second kappa shape index (κ2) is 11.5. The summed E-state index contributed by atoms with van der Waals surface area (Å²) in [6.07, 6.45) is 4.96. The molecule has 15 heavy (non-hydrogen) atoms. The van der Waals surface area contributed by atoms with E-state index in [1.54, 1.807) is 0 Å². The molecule has 2 N–H and O–H groups in total. The lowest BCUT2D eigenvalue weighted by Crippen LogP contribution is -2.35. The summed E-state index contributed by atoms with van der Waals surface area (Å²) < 4.78 is 31.3. The van der Waals surface area contributed by atoms with Crippen molar-refractivity contribution >= 4 is 59.9 Å². The minimum atomic E-state index is -3.97. The Morgan fingerprint density at radius 2 is 1.33 bits per heavy atom. The second-order valence-corrected chi connectivity index (χ2v) is 4.11. The number of nitrogens with one attached hydrogen (secondary N) is 1. The quantitative estimate of drug-likeness (QED) is 0.766. The molecule has 0 spiro atoms. The lowest BCUT2D eigenvalue weighted by Gasteiger charge is -2.20. The van der Waals surface area contributed by atoms with E-state index in [1.807, 2.05) is 0 Å². The monoisotopic (exact) mass is 323 g/mol. The third kappa shape index (κ3) is 13.0. The van der Waals surface area contributed by atoms with E-state index in [0.29, 0.717) is 0 Å². The molecular weight excluding hydrogens is 308 g/mol. The third-order valence-corrected chi connectivity index (χ3v) is 2.55. The maximum atomic E-state index is 10.3. The molecule has 0 bridgehead atoms. The van der Waals surface area contributed by atoms with Gasteiger partial charge in [-0.2, -0.15) is 13.1 Å². The van der Waals surface area contributed by atoms with Gasteiger partial charge < -0.3 is 0 Å². The van der Waals surface area contributed by atoms with Gasteiger partial charge in [0.05, 0.1) is 0 Å². The summed E-state index contributed by atoms with van der Waals surface area (Å²) in [7, 11) is -3.97. The Bertz CT molecular complexity index is 218. The molecule has 0 atom stereocenters. The average molecular weight is 325 g/mol. The Balaban J connectivity index is -0.000000151. The van der Waals surface area contributed by atoms with Gasteiger partial charge in [-0.05, 0) is 12.8 Å². The van der Waals surface area contributed by atoms with Crippen LogP contribution in [0.1, 0.15) is 32.1 Å². The molecule has 1 aliphatic carbocycles. The molecule has 0 heterocycles. The minimum Gasteiger partial charge on any atom is -0.273 e. The first-order valence-corrected chi connectivity index (χ1v) is 5.27. The Morgan fingerprint density at radius 1 is 0.933 bits per heavy atom. The molecule has 1 rings (SSSR count). The van der Waals surface area contributed by atoms with E-state index in [0.717, 1.165) is 25.7 Å². The molecule has 4 nitrogen and oxygen atoms in total. The molecule has 0 aromatic carbocycles. The zero-order valence-corrected chi connectivity index (χ0v) is 12.0. The van der Waals surface area contributed by atoms with Crippen LogP contribution in [0.15, 0.2) is 0 Å². The van der Waals surface area contributed by atoms with Crippen LogP contribution >= 0.6 is 49.6 Å². The lowest BCUT2D eigenvalue weighted by atomic mass is 9.96. The Labute approximate surface area is 115 Å². The van der Waals surface area contributed by atoms with Crippen LogP contribution in [0.5, 0.6) is 0 Å². The topological polar surface area (TPSA) is 66.4 Å². The molecule has 1 fully saturated rings. The van der Waals surface area contributed by atoms with Crippen LogP contribution in [-0.2, 0) is 10.3 Å². The van der Waals surface area contributed by atoms with Crippen molar-refractivity contribution in [1.29, 1.82) is 0 Å². The molecule has 1 saturated carbocycles. The third-order valence-electron chi connectivity index (χ3n) is 1.92. The summed E-state index contributed by atoms with van der Waals surface area (Å²) in [6, 6.07) is -0.0428. The largest absolute Gasteiger partial charge is 0.333 e. The Morgan fingerprint density at radius 3 is 1.67 bits per heavy atom. The summed E-state index contributed by atoms with van der Waals surface area (Å²) in [6.45, 7) is 0. The number of rotatable bonds is 2. The zero-order valence-electron chi connectivity index (χ0n) is 7.92. The maximum absolute atomic E-state index is 10.3. The van der Waals surface area contributed by atoms with Gasteiger partial charge >= 0.3 is 10.3 Å². The second-order valence-electron chi connectivity index (χ2n) is 2.93. The normalized spacial score (nSPS) is 16.1. The summed E-state index contributed by atoms with van der Waals surface area (Å²) in [4.78, 5) is 0. The SMILES string of the molecule is Cl.Cl.Cl.Cl.O=S(=O)(O)NC1CCCCC1. The van der Waals surface area contributed by atoms with Gasteiger partial charge in [-0.3, -0.25) is 4.55 Å². The lowest BCUT2D eigenvalue weighted by molar-refractivity contribution is 0.389. The van der Waals surface area contributed by atoms with Gasteiger partial charge in [0.25, 0.3) is 0 Å². The molecule has 98 valence electrons. The van der Waals surface area contributed by atoms with Crippen molar-refractivity contribution in [2.75, 3.05) is 0 Å². The van der Waals surface area contributed by atoms with Crippen molar-refractivity contribution in [3.05, 3.63) is 0 Å². The van der Waals surface area contributed by atoms with Crippen LogP contribution < -0.4 is 4.72 Å². The van der Waals surface area contributed by atoms with Gasteiger partial charge in [-0.25, -0.2) is 0 Å². The summed E-state index contributed by atoms with van der Waals surface area (Å²) >= 11 is 0. The first-order valence-electron chi connectivity index (χ1n) is 3.83. The van der Waals surface area contributed by atoms with Crippen molar-refractivity contribution in [2.45, 2.75) is 38.1 Å². The first kappa shape index (κ1) is 25.0. The maximum Gasteiger partial charge on any atom is 0.333 e. The minimum absolute atomic E-state index is 0. The summed E-state index contributed by atoms with van der Waals surface area (Å²) in [5, 5.41) is 0. The van der Waals surface area contributed by atoms with E-state index in [-0.39, 0.29) is 55.7 Å². The molecule has 0 aliphatic heterocycles. The van der Waals surface area contributed by atoms with Crippen LogP contribution in [0.25, 0.3) is 0 Å². The molecule has 0 saturated heterocycles.